The minimum atomic E-state index is -0.218. The molecule has 0 aromatic carbocycles. The molecule has 0 bridgehead atoms. The largest absolute Gasteiger partial charge is 0.388 e. The Morgan fingerprint density at radius 2 is 2.10 bits per heavy atom. The Morgan fingerprint density at radius 3 is 2.60 bits per heavy atom. The van der Waals surface area contributed by atoms with Crippen molar-refractivity contribution >= 4 is 24.5 Å². The summed E-state index contributed by atoms with van der Waals surface area (Å²) in [4.78, 5) is 0. The predicted octanol–water partition coefficient (Wildman–Crippen LogP) is 3.15. The van der Waals surface area contributed by atoms with E-state index in [1.165, 1.54) is 36.1 Å². The van der Waals surface area contributed by atoms with E-state index in [1.54, 1.807) is 0 Å². The molecule has 5 N–H and O–H groups in total. The lowest BCUT2D eigenvalue weighted by Crippen LogP contribution is -2.26. The van der Waals surface area contributed by atoms with E-state index in [0.29, 0.717) is 9.67 Å². The summed E-state index contributed by atoms with van der Waals surface area (Å²) in [5, 5.41) is 3.65. The number of hydrogen-bond acceptors (Lipinski definition) is 3. The Balaban J connectivity index is 2.78. The Morgan fingerprint density at radius 1 is 1.40 bits per heavy atom. The molecule has 114 valence electrons. The highest BCUT2D eigenvalue weighted by Crippen LogP contribution is 2.35. The third-order valence-electron chi connectivity index (χ3n) is 3.43. The van der Waals surface area contributed by atoms with Crippen molar-refractivity contribution < 1.29 is 0 Å². The average Bonchev–Trinajstić information content (AvgIpc) is 2.39. The van der Waals surface area contributed by atoms with Gasteiger partial charge in [-0.05, 0) is 24.5 Å². The van der Waals surface area contributed by atoms with E-state index in [2.05, 4.69) is 38.7 Å². The van der Waals surface area contributed by atoms with Crippen LogP contribution in [-0.2, 0) is 0 Å². The standard InChI is InChI=1S/C16H28IN3/c1-5-6-7-8-20-15(13(4)10-17-16(18)19)14-11(2)9-12(14)3/h9,13,20H,2,5-8,10,18-19H2,1,3-4H3/b15-14-. The molecule has 0 saturated heterocycles. The van der Waals surface area contributed by atoms with Crippen LogP contribution in [0.1, 0.15) is 40.0 Å². The minimum absolute atomic E-state index is 0.218. The highest BCUT2D eigenvalue weighted by Gasteiger charge is 2.21. The van der Waals surface area contributed by atoms with Crippen molar-refractivity contribution in [2.24, 2.45) is 17.4 Å². The summed E-state index contributed by atoms with van der Waals surface area (Å²) in [7, 11) is 0. The summed E-state index contributed by atoms with van der Waals surface area (Å²) in [5.41, 5.74) is 16.4. The third kappa shape index (κ3) is 5.14. The van der Waals surface area contributed by atoms with Gasteiger partial charge >= 0.3 is 0 Å². The van der Waals surface area contributed by atoms with Crippen LogP contribution in [0.25, 0.3) is 0 Å². The van der Waals surface area contributed by atoms with Gasteiger partial charge in [0, 0.05) is 28.2 Å². The van der Waals surface area contributed by atoms with Crippen molar-refractivity contribution in [1.82, 2.24) is 5.32 Å². The van der Waals surface area contributed by atoms with Crippen LogP contribution in [0.2, 0.25) is 0 Å². The quantitative estimate of drug-likeness (QED) is 0.340. The van der Waals surface area contributed by atoms with E-state index < -0.39 is 0 Å². The number of hydrogen-bond donors (Lipinski definition) is 3. The third-order valence-corrected chi connectivity index (χ3v) is 6.07. The molecule has 1 atom stereocenters. The van der Waals surface area contributed by atoms with Gasteiger partial charge in [-0.25, -0.2) is 0 Å². The molecule has 0 aromatic rings. The first-order valence-corrected chi connectivity index (χ1v) is 9.90. The van der Waals surface area contributed by atoms with Gasteiger partial charge in [-0.2, -0.15) is 0 Å². The molecule has 0 fully saturated rings. The van der Waals surface area contributed by atoms with Gasteiger partial charge in [-0.15, -0.1) is 0 Å². The van der Waals surface area contributed by atoms with Crippen LogP contribution in [0.3, 0.4) is 0 Å². The van der Waals surface area contributed by atoms with Gasteiger partial charge in [0.15, 0.2) is 0 Å². The molecule has 0 spiro atoms. The monoisotopic (exact) mass is 389 g/mol. The number of nitrogens with one attached hydrogen (secondary N) is 1. The lowest BCUT2D eigenvalue weighted by atomic mass is 9.84. The van der Waals surface area contributed by atoms with Crippen molar-refractivity contribution in [3.8, 4) is 0 Å². The second-order valence-electron chi connectivity index (χ2n) is 5.35. The molecule has 0 aromatic heterocycles. The van der Waals surface area contributed by atoms with Crippen LogP contribution in [0.15, 0.2) is 35.1 Å². The van der Waals surface area contributed by atoms with Crippen LogP contribution in [-0.4, -0.2) is 14.7 Å². The number of rotatable bonds is 8. The highest BCUT2D eigenvalue weighted by atomic mass is 127. The fourth-order valence-electron chi connectivity index (χ4n) is 2.36. The van der Waals surface area contributed by atoms with Crippen LogP contribution in [0.5, 0.6) is 0 Å². The SMILES string of the molecule is C=C1C=C(C)/C1=C(\NCCCCC)C(C)CI=C(N)N. The van der Waals surface area contributed by atoms with Crippen LogP contribution in [0.4, 0.5) is 0 Å². The molecule has 0 saturated carbocycles. The second kappa shape index (κ2) is 8.74. The smallest absolute Gasteiger partial charge is 0.0817 e. The van der Waals surface area contributed by atoms with Gasteiger partial charge in [0.25, 0.3) is 0 Å². The highest BCUT2D eigenvalue weighted by molar-refractivity contribution is 14.2. The normalized spacial score (nSPS) is 18.2. The van der Waals surface area contributed by atoms with Gasteiger partial charge < -0.3 is 5.32 Å². The van der Waals surface area contributed by atoms with Gasteiger partial charge in [-0.1, -0.05) is 60.1 Å². The van der Waals surface area contributed by atoms with Gasteiger partial charge in [0.2, 0.25) is 0 Å². The molecule has 3 nitrogen and oxygen atoms in total. The molecule has 1 aliphatic rings. The molecule has 4 heteroatoms. The van der Waals surface area contributed by atoms with E-state index in [9.17, 15) is 0 Å². The summed E-state index contributed by atoms with van der Waals surface area (Å²) in [5.74, 6) is 0.474. The number of allylic oxidation sites excluding steroid dienone is 5. The molecular formula is C16H28IN3. The molecule has 20 heavy (non-hydrogen) atoms. The topological polar surface area (TPSA) is 64.1 Å². The number of unbranched alkanes of at least 4 members (excludes halogenated alkanes) is 2. The molecule has 0 radical (unpaired) electrons. The van der Waals surface area contributed by atoms with Crippen molar-refractivity contribution in [1.29, 1.82) is 0 Å². The van der Waals surface area contributed by atoms with Crippen molar-refractivity contribution in [2.75, 3.05) is 11.0 Å². The Kier molecular flexibility index (Phi) is 7.69. The fourth-order valence-corrected chi connectivity index (χ4v) is 3.97. The van der Waals surface area contributed by atoms with E-state index in [4.69, 9.17) is 11.5 Å². The summed E-state index contributed by atoms with van der Waals surface area (Å²) in [6.07, 6.45) is 5.89. The summed E-state index contributed by atoms with van der Waals surface area (Å²) in [6.45, 7) is 11.8. The second-order valence-corrected chi connectivity index (χ2v) is 8.24. The number of halogens is 1. The van der Waals surface area contributed by atoms with Gasteiger partial charge in [0.05, 0.1) is 3.76 Å². The molecule has 1 rings (SSSR count). The van der Waals surface area contributed by atoms with Crippen molar-refractivity contribution in [3.63, 3.8) is 0 Å². The number of alkyl halides is 1. The zero-order valence-electron chi connectivity index (χ0n) is 12.9. The minimum Gasteiger partial charge on any atom is -0.388 e. The first-order chi connectivity index (χ1) is 9.47. The van der Waals surface area contributed by atoms with Crippen LogP contribution in [0, 0.1) is 5.92 Å². The van der Waals surface area contributed by atoms with Gasteiger partial charge in [-0.3, -0.25) is 11.5 Å². The number of nitrogens with two attached hydrogens (primary N) is 2. The molecule has 1 aliphatic carbocycles. The Labute approximate surface area is 133 Å². The van der Waals surface area contributed by atoms with Crippen molar-refractivity contribution in [2.45, 2.75) is 40.0 Å². The molecule has 0 heterocycles. The average molecular weight is 389 g/mol. The molecule has 1 unspecified atom stereocenters. The zero-order chi connectivity index (χ0) is 15.1. The van der Waals surface area contributed by atoms with E-state index >= 15 is 0 Å². The van der Waals surface area contributed by atoms with Crippen LogP contribution >= 0.6 is 20.7 Å². The van der Waals surface area contributed by atoms with E-state index in [-0.39, 0.29) is 20.7 Å². The lowest BCUT2D eigenvalue weighted by Gasteiger charge is -2.28. The zero-order valence-corrected chi connectivity index (χ0v) is 15.1. The first-order valence-electron chi connectivity index (χ1n) is 7.30. The van der Waals surface area contributed by atoms with Crippen LogP contribution < -0.4 is 16.8 Å². The fraction of sp³-hybridized carbons (Fsp3) is 0.562. The van der Waals surface area contributed by atoms with E-state index in [0.717, 1.165) is 16.5 Å². The summed E-state index contributed by atoms with van der Waals surface area (Å²) >= 11 is -0.218. The van der Waals surface area contributed by atoms with Gasteiger partial charge in [0.1, 0.15) is 0 Å². The maximum absolute atomic E-state index is 5.64. The predicted molar refractivity (Wildman–Crippen MR) is 98.9 cm³/mol. The molecule has 0 amide bonds. The maximum atomic E-state index is 5.64. The molecular weight excluding hydrogens is 361 g/mol. The summed E-state index contributed by atoms with van der Waals surface area (Å²) in [6, 6.07) is 0. The summed E-state index contributed by atoms with van der Waals surface area (Å²) < 4.78 is 1.71. The Bertz CT molecular complexity index is 443. The van der Waals surface area contributed by atoms with Crippen molar-refractivity contribution in [3.05, 3.63) is 35.1 Å². The Hall–Kier alpha value is -0.460. The molecule has 0 aliphatic heterocycles. The lowest BCUT2D eigenvalue weighted by molar-refractivity contribution is 0.611. The van der Waals surface area contributed by atoms with E-state index in [1.807, 2.05) is 0 Å². The first kappa shape index (κ1) is 17.6. The maximum Gasteiger partial charge on any atom is 0.0817 e.